The van der Waals surface area contributed by atoms with E-state index in [-0.39, 0.29) is 5.41 Å². The van der Waals surface area contributed by atoms with Crippen molar-refractivity contribution in [2.75, 3.05) is 40.8 Å². The van der Waals surface area contributed by atoms with Crippen LogP contribution in [0.1, 0.15) is 25.5 Å². The molecule has 1 unspecified atom stereocenters. The molecule has 1 N–H and O–H groups in total. The Hall–Kier alpha value is -0.900. The minimum atomic E-state index is -0.435. The zero-order valence-corrected chi connectivity index (χ0v) is 12.9. The summed E-state index contributed by atoms with van der Waals surface area (Å²) in [6, 6.07) is 9.92. The number of aliphatic hydroxyl groups excluding tert-OH is 1. The second-order valence-corrected chi connectivity index (χ2v) is 6.34. The smallest absolute Gasteiger partial charge is 0.0853 e. The molecule has 0 saturated carbocycles. The first-order valence-electron chi connectivity index (χ1n) is 6.89. The SMILES string of the molecule is CN(C)CCN(C)CC(C)(C)C(O)c1ccccc1. The summed E-state index contributed by atoms with van der Waals surface area (Å²) in [5.41, 5.74) is 0.830. The van der Waals surface area contributed by atoms with Gasteiger partial charge in [0.15, 0.2) is 0 Å². The summed E-state index contributed by atoms with van der Waals surface area (Å²) in [5, 5.41) is 10.5. The molecule has 108 valence electrons. The molecule has 0 aliphatic heterocycles. The monoisotopic (exact) mass is 264 g/mol. The second kappa shape index (κ2) is 7.04. The molecule has 0 aromatic heterocycles. The predicted octanol–water partition coefficient (Wildman–Crippen LogP) is 2.24. The van der Waals surface area contributed by atoms with Gasteiger partial charge in [-0.1, -0.05) is 44.2 Å². The molecule has 1 atom stereocenters. The Kier molecular flexibility index (Phi) is 5.98. The van der Waals surface area contributed by atoms with Crippen molar-refractivity contribution in [3.63, 3.8) is 0 Å². The molecule has 0 heterocycles. The maximum Gasteiger partial charge on any atom is 0.0853 e. The van der Waals surface area contributed by atoms with E-state index >= 15 is 0 Å². The van der Waals surface area contributed by atoms with Gasteiger partial charge in [-0.05, 0) is 26.7 Å². The molecule has 0 aliphatic carbocycles. The van der Waals surface area contributed by atoms with Crippen molar-refractivity contribution in [3.05, 3.63) is 35.9 Å². The number of rotatable bonds is 7. The van der Waals surface area contributed by atoms with Crippen LogP contribution in [-0.2, 0) is 0 Å². The first-order chi connectivity index (χ1) is 8.83. The lowest BCUT2D eigenvalue weighted by atomic mass is 9.82. The fraction of sp³-hybridized carbons (Fsp3) is 0.625. The van der Waals surface area contributed by atoms with Gasteiger partial charge < -0.3 is 14.9 Å². The van der Waals surface area contributed by atoms with Crippen molar-refractivity contribution in [3.8, 4) is 0 Å². The first kappa shape index (κ1) is 16.2. The number of hydrogen-bond acceptors (Lipinski definition) is 3. The molecule has 1 aromatic carbocycles. The maximum atomic E-state index is 10.5. The minimum absolute atomic E-state index is 0.164. The van der Waals surface area contributed by atoms with E-state index in [1.807, 2.05) is 30.3 Å². The Balaban J connectivity index is 2.59. The van der Waals surface area contributed by atoms with Crippen molar-refractivity contribution >= 4 is 0 Å². The zero-order chi connectivity index (χ0) is 14.5. The highest BCUT2D eigenvalue weighted by atomic mass is 16.3. The van der Waals surface area contributed by atoms with Crippen molar-refractivity contribution in [1.82, 2.24) is 9.80 Å². The van der Waals surface area contributed by atoms with Gasteiger partial charge in [-0.2, -0.15) is 0 Å². The third-order valence-electron chi connectivity index (χ3n) is 3.46. The second-order valence-electron chi connectivity index (χ2n) is 6.34. The Labute approximate surface area is 117 Å². The summed E-state index contributed by atoms with van der Waals surface area (Å²) in [4.78, 5) is 4.46. The third kappa shape index (κ3) is 5.31. The highest BCUT2D eigenvalue weighted by molar-refractivity contribution is 5.19. The van der Waals surface area contributed by atoms with Crippen molar-refractivity contribution in [2.45, 2.75) is 20.0 Å². The quantitative estimate of drug-likeness (QED) is 0.818. The van der Waals surface area contributed by atoms with Crippen LogP contribution in [0.25, 0.3) is 0 Å². The van der Waals surface area contributed by atoms with Gasteiger partial charge in [-0.3, -0.25) is 0 Å². The number of likely N-dealkylation sites (N-methyl/N-ethyl adjacent to an activating group) is 2. The Morgan fingerprint density at radius 1 is 1.05 bits per heavy atom. The predicted molar refractivity (Wildman–Crippen MR) is 81.2 cm³/mol. The Morgan fingerprint density at radius 3 is 2.16 bits per heavy atom. The van der Waals surface area contributed by atoms with Crippen LogP contribution in [-0.4, -0.2) is 55.7 Å². The third-order valence-corrected chi connectivity index (χ3v) is 3.46. The molecule has 0 saturated heterocycles. The Morgan fingerprint density at radius 2 is 1.63 bits per heavy atom. The molecule has 3 heteroatoms. The number of benzene rings is 1. The standard InChI is InChI=1S/C16H28N2O/c1-16(2,13-18(5)12-11-17(3)4)15(19)14-9-7-6-8-10-14/h6-10,15,19H,11-13H2,1-5H3. The molecule has 0 bridgehead atoms. The molecular formula is C16H28N2O. The highest BCUT2D eigenvalue weighted by Gasteiger charge is 2.30. The van der Waals surface area contributed by atoms with Crippen LogP contribution in [0.3, 0.4) is 0 Å². The van der Waals surface area contributed by atoms with Crippen LogP contribution in [0.5, 0.6) is 0 Å². The van der Waals surface area contributed by atoms with Gasteiger partial charge in [-0.25, -0.2) is 0 Å². The van der Waals surface area contributed by atoms with Crippen LogP contribution in [0.4, 0.5) is 0 Å². The average molecular weight is 264 g/mol. The molecule has 0 radical (unpaired) electrons. The molecule has 0 amide bonds. The van der Waals surface area contributed by atoms with E-state index in [1.165, 1.54) is 0 Å². The number of nitrogens with zero attached hydrogens (tertiary/aromatic N) is 2. The zero-order valence-electron chi connectivity index (χ0n) is 12.9. The Bertz CT molecular complexity index is 362. The van der Waals surface area contributed by atoms with Crippen LogP contribution in [0.2, 0.25) is 0 Å². The van der Waals surface area contributed by atoms with E-state index in [9.17, 15) is 5.11 Å². The first-order valence-corrected chi connectivity index (χ1v) is 6.89. The van der Waals surface area contributed by atoms with E-state index in [2.05, 4.69) is 44.8 Å². The van der Waals surface area contributed by atoms with Gasteiger partial charge >= 0.3 is 0 Å². The van der Waals surface area contributed by atoms with E-state index < -0.39 is 6.10 Å². The van der Waals surface area contributed by atoms with Gasteiger partial charge in [0.25, 0.3) is 0 Å². The van der Waals surface area contributed by atoms with Gasteiger partial charge in [0.2, 0.25) is 0 Å². The van der Waals surface area contributed by atoms with E-state index in [1.54, 1.807) is 0 Å². The molecule has 0 aliphatic rings. The molecule has 0 fully saturated rings. The number of aliphatic hydroxyl groups is 1. The van der Waals surface area contributed by atoms with Gasteiger partial charge in [-0.15, -0.1) is 0 Å². The normalized spacial score (nSPS) is 14.1. The average Bonchev–Trinajstić information content (AvgIpc) is 2.36. The van der Waals surface area contributed by atoms with Gasteiger partial charge in [0, 0.05) is 25.0 Å². The van der Waals surface area contributed by atoms with Crippen LogP contribution in [0.15, 0.2) is 30.3 Å². The lowest BCUT2D eigenvalue weighted by Crippen LogP contribution is -2.38. The maximum absolute atomic E-state index is 10.5. The molecule has 3 nitrogen and oxygen atoms in total. The van der Waals surface area contributed by atoms with E-state index in [0.717, 1.165) is 25.2 Å². The van der Waals surface area contributed by atoms with Crippen LogP contribution < -0.4 is 0 Å². The summed E-state index contributed by atoms with van der Waals surface area (Å²) < 4.78 is 0. The van der Waals surface area contributed by atoms with Crippen LogP contribution >= 0.6 is 0 Å². The summed E-state index contributed by atoms with van der Waals surface area (Å²) in [5.74, 6) is 0. The summed E-state index contributed by atoms with van der Waals surface area (Å²) in [7, 11) is 6.28. The summed E-state index contributed by atoms with van der Waals surface area (Å²) in [6.07, 6.45) is -0.435. The van der Waals surface area contributed by atoms with Gasteiger partial charge in [0.05, 0.1) is 6.10 Å². The largest absolute Gasteiger partial charge is 0.388 e. The lowest BCUT2D eigenvalue weighted by molar-refractivity contribution is 0.0249. The molecule has 1 aromatic rings. The number of hydrogen-bond donors (Lipinski definition) is 1. The fourth-order valence-corrected chi connectivity index (χ4v) is 2.32. The fourth-order valence-electron chi connectivity index (χ4n) is 2.32. The molecular weight excluding hydrogens is 236 g/mol. The molecule has 19 heavy (non-hydrogen) atoms. The van der Waals surface area contributed by atoms with Crippen LogP contribution in [0, 0.1) is 5.41 Å². The van der Waals surface area contributed by atoms with E-state index in [4.69, 9.17) is 0 Å². The highest BCUT2D eigenvalue weighted by Crippen LogP contribution is 2.33. The molecule has 1 rings (SSSR count). The lowest BCUT2D eigenvalue weighted by Gasteiger charge is -2.35. The summed E-state index contributed by atoms with van der Waals surface area (Å²) in [6.45, 7) is 7.16. The van der Waals surface area contributed by atoms with E-state index in [0.29, 0.717) is 0 Å². The minimum Gasteiger partial charge on any atom is -0.388 e. The summed E-state index contributed by atoms with van der Waals surface area (Å²) >= 11 is 0. The van der Waals surface area contributed by atoms with Crippen molar-refractivity contribution in [2.24, 2.45) is 5.41 Å². The van der Waals surface area contributed by atoms with Crippen molar-refractivity contribution in [1.29, 1.82) is 0 Å². The van der Waals surface area contributed by atoms with Crippen molar-refractivity contribution < 1.29 is 5.11 Å². The molecule has 0 spiro atoms. The topological polar surface area (TPSA) is 26.7 Å². The van der Waals surface area contributed by atoms with Gasteiger partial charge in [0.1, 0.15) is 0 Å².